The lowest BCUT2D eigenvalue weighted by Crippen LogP contribution is -2.64. The largest absolute Gasteiger partial charge is 0.338 e. The van der Waals surface area contributed by atoms with Gasteiger partial charge in [-0.15, -0.1) is 0 Å². The minimum absolute atomic E-state index is 0.379. The first kappa shape index (κ1) is 19.4. The Hall–Kier alpha value is -3.93. The summed E-state index contributed by atoms with van der Waals surface area (Å²) in [6, 6.07) is 22.8. The van der Waals surface area contributed by atoms with Crippen molar-refractivity contribution in [3.8, 4) is 0 Å². The topological polar surface area (TPSA) is 78.5 Å². The van der Waals surface area contributed by atoms with Gasteiger partial charge in [-0.05, 0) is 36.2 Å². The molecule has 1 aliphatic heterocycles. The van der Waals surface area contributed by atoms with Crippen LogP contribution in [0.1, 0.15) is 27.5 Å². The van der Waals surface area contributed by atoms with Crippen molar-refractivity contribution in [2.75, 3.05) is 4.90 Å². The molecule has 1 saturated heterocycles. The Morgan fingerprint density at radius 3 is 2.13 bits per heavy atom. The smallest absolute Gasteiger partial charge is 0.329 e. The van der Waals surface area contributed by atoms with Gasteiger partial charge in [0.2, 0.25) is 0 Å². The lowest BCUT2D eigenvalue weighted by Gasteiger charge is -2.38. The van der Waals surface area contributed by atoms with E-state index in [0.29, 0.717) is 11.3 Å². The first-order chi connectivity index (χ1) is 14.6. The van der Waals surface area contributed by atoms with Gasteiger partial charge >= 0.3 is 6.03 Å². The Morgan fingerprint density at radius 1 is 0.867 bits per heavy atom. The number of aryl methyl sites for hydroxylation is 1. The van der Waals surface area contributed by atoms with Crippen molar-refractivity contribution < 1.29 is 14.4 Å². The van der Waals surface area contributed by atoms with Gasteiger partial charge in [-0.3, -0.25) is 9.59 Å². The molecule has 0 saturated carbocycles. The van der Waals surface area contributed by atoms with E-state index in [1.54, 1.807) is 36.4 Å². The lowest BCUT2D eigenvalue weighted by atomic mass is 9.95. The van der Waals surface area contributed by atoms with E-state index in [4.69, 9.17) is 0 Å². The average Bonchev–Trinajstić information content (AvgIpc) is 2.78. The van der Waals surface area contributed by atoms with Gasteiger partial charge < -0.3 is 10.6 Å². The average molecular weight is 399 g/mol. The van der Waals surface area contributed by atoms with Gasteiger partial charge in [-0.1, -0.05) is 66.7 Å². The van der Waals surface area contributed by atoms with Crippen molar-refractivity contribution in [2.45, 2.75) is 19.0 Å². The van der Waals surface area contributed by atoms with E-state index in [9.17, 15) is 14.4 Å². The number of carbonyl (C=O) groups is 3. The summed E-state index contributed by atoms with van der Waals surface area (Å²) in [5.41, 5.74) is 2.45. The molecule has 3 aromatic carbocycles. The van der Waals surface area contributed by atoms with E-state index in [1.165, 1.54) is 0 Å². The maximum Gasteiger partial charge on any atom is 0.329 e. The molecular weight excluding hydrogens is 378 g/mol. The molecule has 0 aromatic heterocycles. The standard InChI is InChI=1S/C24H21N3O3/c1-16-10-8-9-15-19(16)27-23(29)21(25-22(28)18-13-6-3-7-14-18)20(26-24(27)30)17-11-4-2-5-12-17/h2-15,20-21H,1H3,(H,25,28)(H,26,30)/t20-,21-/m1/s1. The highest BCUT2D eigenvalue weighted by Gasteiger charge is 2.43. The Balaban J connectivity index is 1.72. The van der Waals surface area contributed by atoms with Crippen molar-refractivity contribution in [3.63, 3.8) is 0 Å². The molecule has 4 amide bonds. The van der Waals surface area contributed by atoms with Crippen molar-refractivity contribution in [1.29, 1.82) is 0 Å². The molecule has 0 radical (unpaired) electrons. The van der Waals surface area contributed by atoms with Crippen LogP contribution in [0.25, 0.3) is 0 Å². The Bertz CT molecular complexity index is 1080. The summed E-state index contributed by atoms with van der Waals surface area (Å²) >= 11 is 0. The van der Waals surface area contributed by atoms with Crippen molar-refractivity contribution >= 4 is 23.5 Å². The molecule has 0 spiro atoms. The SMILES string of the molecule is Cc1ccccc1N1C(=O)N[C@H](c2ccccc2)[C@@H](NC(=O)c2ccccc2)C1=O. The number of benzene rings is 3. The molecule has 0 unspecified atom stereocenters. The van der Waals surface area contributed by atoms with Crippen LogP contribution in [-0.4, -0.2) is 23.9 Å². The molecule has 1 aliphatic rings. The van der Waals surface area contributed by atoms with E-state index in [2.05, 4.69) is 10.6 Å². The summed E-state index contributed by atoms with van der Waals surface area (Å²) in [5.74, 6) is -0.859. The fraction of sp³-hybridized carbons (Fsp3) is 0.125. The summed E-state index contributed by atoms with van der Waals surface area (Å²) < 4.78 is 0. The van der Waals surface area contributed by atoms with Gasteiger partial charge in [-0.25, -0.2) is 9.69 Å². The van der Waals surface area contributed by atoms with Crippen LogP contribution in [0.5, 0.6) is 0 Å². The summed E-state index contributed by atoms with van der Waals surface area (Å²) in [6.07, 6.45) is 0. The Labute approximate surface area is 174 Å². The molecular formula is C24H21N3O3. The third kappa shape index (κ3) is 3.67. The van der Waals surface area contributed by atoms with E-state index in [1.807, 2.05) is 55.5 Å². The maximum absolute atomic E-state index is 13.5. The van der Waals surface area contributed by atoms with Gasteiger partial charge in [0.1, 0.15) is 6.04 Å². The van der Waals surface area contributed by atoms with Gasteiger partial charge in [0.15, 0.2) is 0 Å². The second-order valence-corrected chi connectivity index (χ2v) is 7.12. The first-order valence-corrected chi connectivity index (χ1v) is 9.67. The minimum Gasteiger partial charge on any atom is -0.338 e. The van der Waals surface area contributed by atoms with Crippen LogP contribution >= 0.6 is 0 Å². The van der Waals surface area contributed by atoms with E-state index in [-0.39, 0.29) is 5.91 Å². The number of para-hydroxylation sites is 1. The summed E-state index contributed by atoms with van der Waals surface area (Å²) in [6.45, 7) is 1.83. The number of rotatable bonds is 4. The van der Waals surface area contributed by atoms with Crippen LogP contribution in [-0.2, 0) is 4.79 Å². The van der Waals surface area contributed by atoms with Crippen molar-refractivity contribution in [3.05, 3.63) is 102 Å². The number of carbonyl (C=O) groups excluding carboxylic acids is 3. The number of urea groups is 1. The normalized spacial score (nSPS) is 18.6. The van der Waals surface area contributed by atoms with E-state index in [0.717, 1.165) is 16.0 Å². The number of nitrogens with zero attached hydrogens (tertiary/aromatic N) is 1. The van der Waals surface area contributed by atoms with Crippen molar-refractivity contribution in [2.24, 2.45) is 0 Å². The molecule has 3 aromatic rings. The van der Waals surface area contributed by atoms with E-state index >= 15 is 0 Å². The Morgan fingerprint density at radius 2 is 1.47 bits per heavy atom. The second-order valence-electron chi connectivity index (χ2n) is 7.12. The number of anilines is 1. The third-order valence-corrected chi connectivity index (χ3v) is 5.14. The van der Waals surface area contributed by atoms with Crippen LogP contribution in [0.15, 0.2) is 84.9 Å². The molecule has 6 nitrogen and oxygen atoms in total. The summed E-state index contributed by atoms with van der Waals surface area (Å²) in [7, 11) is 0. The zero-order valence-corrected chi connectivity index (χ0v) is 16.4. The van der Waals surface area contributed by atoms with Gasteiger partial charge in [-0.2, -0.15) is 0 Å². The number of hydrogen-bond acceptors (Lipinski definition) is 3. The monoisotopic (exact) mass is 399 g/mol. The highest BCUT2D eigenvalue weighted by molar-refractivity contribution is 6.19. The fourth-order valence-electron chi connectivity index (χ4n) is 3.60. The molecule has 2 N–H and O–H groups in total. The van der Waals surface area contributed by atoms with Crippen LogP contribution in [0.3, 0.4) is 0 Å². The molecule has 30 heavy (non-hydrogen) atoms. The van der Waals surface area contributed by atoms with Gasteiger partial charge in [0, 0.05) is 5.56 Å². The highest BCUT2D eigenvalue weighted by Crippen LogP contribution is 2.28. The number of nitrogens with one attached hydrogen (secondary N) is 2. The molecule has 150 valence electrons. The number of imide groups is 1. The third-order valence-electron chi connectivity index (χ3n) is 5.14. The minimum atomic E-state index is -0.961. The molecule has 1 fully saturated rings. The highest BCUT2D eigenvalue weighted by atomic mass is 16.2. The summed E-state index contributed by atoms with van der Waals surface area (Å²) in [5, 5.41) is 5.73. The van der Waals surface area contributed by atoms with Crippen molar-refractivity contribution in [1.82, 2.24) is 10.6 Å². The zero-order chi connectivity index (χ0) is 21.1. The molecule has 1 heterocycles. The molecule has 4 rings (SSSR count). The summed E-state index contributed by atoms with van der Waals surface area (Å²) in [4.78, 5) is 40.3. The van der Waals surface area contributed by atoms with Crippen LogP contribution in [0.4, 0.5) is 10.5 Å². The van der Waals surface area contributed by atoms with Crippen LogP contribution in [0, 0.1) is 6.92 Å². The lowest BCUT2D eigenvalue weighted by molar-refractivity contribution is -0.121. The molecule has 2 atom stereocenters. The first-order valence-electron chi connectivity index (χ1n) is 9.67. The molecule has 0 bridgehead atoms. The second kappa shape index (κ2) is 8.21. The van der Waals surface area contributed by atoms with Crippen LogP contribution in [0.2, 0.25) is 0 Å². The molecule has 0 aliphatic carbocycles. The number of amides is 4. The predicted molar refractivity (Wildman–Crippen MR) is 114 cm³/mol. The van der Waals surface area contributed by atoms with Gasteiger partial charge in [0.05, 0.1) is 11.7 Å². The fourth-order valence-corrected chi connectivity index (χ4v) is 3.60. The van der Waals surface area contributed by atoms with Crippen LogP contribution < -0.4 is 15.5 Å². The van der Waals surface area contributed by atoms with Gasteiger partial charge in [0.25, 0.3) is 11.8 Å². The predicted octanol–water partition coefficient (Wildman–Crippen LogP) is 3.59. The number of hydrogen-bond donors (Lipinski definition) is 2. The Kier molecular flexibility index (Phi) is 5.30. The molecule has 6 heteroatoms. The maximum atomic E-state index is 13.5. The van der Waals surface area contributed by atoms with E-state index < -0.39 is 24.0 Å². The quantitative estimate of drug-likeness (QED) is 0.704. The zero-order valence-electron chi connectivity index (χ0n) is 16.4.